The van der Waals surface area contributed by atoms with Gasteiger partial charge in [0.25, 0.3) is 5.56 Å². The molecule has 22 heavy (non-hydrogen) atoms. The van der Waals surface area contributed by atoms with Crippen molar-refractivity contribution in [2.75, 3.05) is 0 Å². The summed E-state index contributed by atoms with van der Waals surface area (Å²) in [6.45, 7) is 1.90. The summed E-state index contributed by atoms with van der Waals surface area (Å²) >= 11 is 7.69. The van der Waals surface area contributed by atoms with E-state index in [4.69, 9.17) is 17.3 Å². The molecule has 1 aromatic heterocycles. The number of para-hydroxylation sites is 1. The molecule has 112 valence electrons. The molecule has 5 heteroatoms. The normalized spacial score (nSPS) is 12.5. The largest absolute Gasteiger partial charge is 0.319 e. The van der Waals surface area contributed by atoms with E-state index >= 15 is 0 Å². The van der Waals surface area contributed by atoms with Gasteiger partial charge in [0.05, 0.1) is 20.8 Å². The second-order valence-electron chi connectivity index (χ2n) is 4.99. The fourth-order valence-electron chi connectivity index (χ4n) is 2.39. The smallest absolute Gasteiger partial charge is 0.265 e. The van der Waals surface area contributed by atoms with Crippen LogP contribution in [0.5, 0.6) is 0 Å². The van der Waals surface area contributed by atoms with E-state index in [-0.39, 0.29) is 10.9 Å². The third-order valence-electron chi connectivity index (χ3n) is 3.28. The lowest BCUT2D eigenvalue weighted by molar-refractivity contribution is 0.883. The van der Waals surface area contributed by atoms with Gasteiger partial charge < -0.3 is 5.73 Å². The molecule has 0 unspecified atom stereocenters. The van der Waals surface area contributed by atoms with Crippen molar-refractivity contribution in [3.8, 4) is 5.69 Å². The minimum absolute atomic E-state index is 0.119. The van der Waals surface area contributed by atoms with Crippen LogP contribution in [0.15, 0.2) is 64.4 Å². The maximum absolute atomic E-state index is 13.0. The molecule has 3 nitrogen and oxygen atoms in total. The number of benzene rings is 2. The number of fused-ring (bicyclic) bond motifs is 1. The zero-order chi connectivity index (χ0) is 15.7. The molecule has 0 aliphatic carbocycles. The maximum atomic E-state index is 13.0. The number of thioether (sulfide) groups is 1. The van der Waals surface area contributed by atoms with E-state index in [1.165, 1.54) is 11.8 Å². The number of nitrogens with two attached hydrogens (primary N) is 1. The lowest BCUT2D eigenvalue weighted by atomic mass is 10.1. The molecule has 0 saturated carbocycles. The molecule has 3 aromatic rings. The van der Waals surface area contributed by atoms with Crippen LogP contribution in [0.2, 0.25) is 5.02 Å². The number of hydrogen-bond donors (Lipinski definition) is 1. The fourth-order valence-corrected chi connectivity index (χ4v) is 3.53. The number of hydrogen-bond acceptors (Lipinski definition) is 3. The molecular formula is C17H15ClN2OS. The van der Waals surface area contributed by atoms with Crippen molar-refractivity contribution in [2.45, 2.75) is 17.3 Å². The number of pyridine rings is 1. The van der Waals surface area contributed by atoms with Crippen molar-refractivity contribution in [2.24, 2.45) is 5.73 Å². The Morgan fingerprint density at radius 2 is 1.86 bits per heavy atom. The average molecular weight is 331 g/mol. The Morgan fingerprint density at radius 3 is 2.55 bits per heavy atom. The Kier molecular flexibility index (Phi) is 4.25. The number of nitrogens with zero attached hydrogens (tertiary/aromatic N) is 1. The molecule has 0 saturated heterocycles. The van der Waals surface area contributed by atoms with Crippen LogP contribution in [-0.2, 0) is 0 Å². The highest BCUT2D eigenvalue weighted by Gasteiger charge is 2.14. The van der Waals surface area contributed by atoms with Gasteiger partial charge in [-0.3, -0.25) is 9.36 Å². The summed E-state index contributed by atoms with van der Waals surface area (Å²) in [6, 6.07) is 17.0. The zero-order valence-electron chi connectivity index (χ0n) is 12.0. The first-order valence-corrected chi connectivity index (χ1v) is 8.15. The van der Waals surface area contributed by atoms with Gasteiger partial charge in [0.2, 0.25) is 0 Å². The molecule has 0 aliphatic rings. The Labute approximate surface area is 137 Å². The maximum Gasteiger partial charge on any atom is 0.265 e. The first-order chi connectivity index (χ1) is 10.6. The quantitative estimate of drug-likeness (QED) is 0.582. The van der Waals surface area contributed by atoms with Crippen LogP contribution in [0.4, 0.5) is 0 Å². The Hall–Kier alpha value is -1.75. The summed E-state index contributed by atoms with van der Waals surface area (Å²) in [7, 11) is 0. The number of halogens is 1. The van der Waals surface area contributed by atoms with Gasteiger partial charge >= 0.3 is 0 Å². The summed E-state index contributed by atoms with van der Waals surface area (Å²) in [6.07, 6.45) is 0. The van der Waals surface area contributed by atoms with Gasteiger partial charge in [-0.25, -0.2) is 0 Å². The van der Waals surface area contributed by atoms with E-state index in [9.17, 15) is 4.79 Å². The number of rotatable bonds is 3. The first kappa shape index (κ1) is 15.2. The molecular weight excluding hydrogens is 316 g/mol. The van der Waals surface area contributed by atoms with Gasteiger partial charge in [0.15, 0.2) is 0 Å². The van der Waals surface area contributed by atoms with Crippen molar-refractivity contribution in [1.82, 2.24) is 4.57 Å². The predicted molar refractivity (Wildman–Crippen MR) is 94.1 cm³/mol. The lowest BCUT2D eigenvalue weighted by Crippen LogP contribution is -2.22. The highest BCUT2D eigenvalue weighted by atomic mass is 35.5. The van der Waals surface area contributed by atoms with Crippen LogP contribution in [0.3, 0.4) is 0 Å². The fraction of sp³-hybridized carbons (Fsp3) is 0.118. The van der Waals surface area contributed by atoms with Crippen molar-refractivity contribution >= 4 is 34.1 Å². The molecule has 0 fully saturated rings. The van der Waals surface area contributed by atoms with Crippen LogP contribution >= 0.6 is 23.4 Å². The molecule has 0 radical (unpaired) electrons. The monoisotopic (exact) mass is 330 g/mol. The third-order valence-corrected chi connectivity index (χ3v) is 4.51. The van der Waals surface area contributed by atoms with Gasteiger partial charge in [-0.1, -0.05) is 53.7 Å². The van der Waals surface area contributed by atoms with Gasteiger partial charge in [-0.2, -0.15) is 0 Å². The summed E-state index contributed by atoms with van der Waals surface area (Å²) in [4.78, 5) is 13.0. The highest BCUT2D eigenvalue weighted by Crippen LogP contribution is 2.28. The van der Waals surface area contributed by atoms with Crippen LogP contribution in [0.1, 0.15) is 6.92 Å². The van der Waals surface area contributed by atoms with Crippen molar-refractivity contribution < 1.29 is 0 Å². The molecule has 0 amide bonds. The SMILES string of the molecule is C[C@H](N)Sc1cc2cccc(Cl)c2c(=O)n1-c1ccccc1. The predicted octanol–water partition coefficient (Wildman–Crippen LogP) is 4.04. The standard InChI is InChI=1S/C17H15ClN2OS/c1-11(19)22-15-10-12-6-5-9-14(18)16(12)17(21)20(15)13-7-3-2-4-8-13/h2-11H,19H2,1H3/t11-/m1/s1. The number of aromatic nitrogens is 1. The van der Waals surface area contributed by atoms with Crippen LogP contribution in [0, 0.1) is 0 Å². The first-order valence-electron chi connectivity index (χ1n) is 6.90. The van der Waals surface area contributed by atoms with Crippen molar-refractivity contribution in [1.29, 1.82) is 0 Å². The molecule has 2 N–H and O–H groups in total. The van der Waals surface area contributed by atoms with E-state index in [0.29, 0.717) is 10.4 Å². The Morgan fingerprint density at radius 1 is 1.14 bits per heavy atom. The Balaban J connectivity index is 2.39. The van der Waals surface area contributed by atoms with E-state index in [1.807, 2.05) is 55.5 Å². The molecule has 0 spiro atoms. The average Bonchev–Trinajstić information content (AvgIpc) is 2.47. The third kappa shape index (κ3) is 2.77. The molecule has 3 rings (SSSR count). The second-order valence-corrected chi connectivity index (χ2v) is 6.79. The van der Waals surface area contributed by atoms with Gasteiger partial charge in [-0.15, -0.1) is 0 Å². The minimum Gasteiger partial charge on any atom is -0.319 e. The minimum atomic E-state index is -0.127. The lowest BCUT2D eigenvalue weighted by Gasteiger charge is -2.16. The van der Waals surface area contributed by atoms with E-state index < -0.39 is 0 Å². The van der Waals surface area contributed by atoms with Gasteiger partial charge in [-0.05, 0) is 36.6 Å². The summed E-state index contributed by atoms with van der Waals surface area (Å²) in [5.41, 5.74) is 6.59. The van der Waals surface area contributed by atoms with Crippen LogP contribution in [0.25, 0.3) is 16.5 Å². The van der Waals surface area contributed by atoms with Crippen LogP contribution < -0.4 is 11.3 Å². The molecule has 0 aliphatic heterocycles. The zero-order valence-corrected chi connectivity index (χ0v) is 13.6. The Bertz CT molecular complexity index is 875. The highest BCUT2D eigenvalue weighted by molar-refractivity contribution is 7.99. The summed E-state index contributed by atoms with van der Waals surface area (Å²) in [5.74, 6) is 0. The second kappa shape index (κ2) is 6.16. The molecule has 1 atom stereocenters. The van der Waals surface area contributed by atoms with Gasteiger partial charge in [0, 0.05) is 5.69 Å². The van der Waals surface area contributed by atoms with E-state index in [1.54, 1.807) is 10.6 Å². The van der Waals surface area contributed by atoms with Gasteiger partial charge in [0.1, 0.15) is 0 Å². The van der Waals surface area contributed by atoms with Crippen molar-refractivity contribution in [3.63, 3.8) is 0 Å². The molecule has 1 heterocycles. The topological polar surface area (TPSA) is 48.0 Å². The van der Waals surface area contributed by atoms with Crippen LogP contribution in [-0.4, -0.2) is 9.94 Å². The molecule has 0 bridgehead atoms. The van der Waals surface area contributed by atoms with E-state index in [2.05, 4.69) is 0 Å². The van der Waals surface area contributed by atoms with Crippen molar-refractivity contribution in [3.05, 3.63) is 70.0 Å². The summed E-state index contributed by atoms with van der Waals surface area (Å²) in [5, 5.41) is 2.51. The summed E-state index contributed by atoms with van der Waals surface area (Å²) < 4.78 is 1.67. The molecule has 2 aromatic carbocycles. The van der Waals surface area contributed by atoms with E-state index in [0.717, 1.165) is 16.1 Å².